The van der Waals surface area contributed by atoms with Crippen molar-refractivity contribution in [2.24, 2.45) is 0 Å². The summed E-state index contributed by atoms with van der Waals surface area (Å²) in [6.45, 7) is 2.28. The number of benzene rings is 1. The topological polar surface area (TPSA) is 66.8 Å². The highest BCUT2D eigenvalue weighted by Crippen LogP contribution is 2.18. The van der Waals surface area contributed by atoms with E-state index in [1.54, 1.807) is 12.1 Å². The van der Waals surface area contributed by atoms with E-state index in [1.165, 1.54) is 0 Å². The Morgan fingerprint density at radius 3 is 2.47 bits per heavy atom. The van der Waals surface area contributed by atoms with Crippen LogP contribution in [0.5, 0.6) is 0 Å². The van der Waals surface area contributed by atoms with Gasteiger partial charge in [0, 0.05) is 6.61 Å². The molecule has 0 spiro atoms. The van der Waals surface area contributed by atoms with Crippen LogP contribution >= 0.6 is 0 Å². The number of rotatable bonds is 7. The Kier molecular flexibility index (Phi) is 5.66. The number of ether oxygens (including phenoxy) is 1. The van der Waals surface area contributed by atoms with Crippen LogP contribution in [0.25, 0.3) is 0 Å². The minimum atomic E-state index is -1.01. The molecule has 4 heteroatoms. The van der Waals surface area contributed by atoms with E-state index < -0.39 is 12.1 Å². The van der Waals surface area contributed by atoms with Crippen molar-refractivity contribution < 1.29 is 19.7 Å². The predicted molar refractivity (Wildman–Crippen MR) is 63.9 cm³/mol. The molecule has 0 fully saturated rings. The van der Waals surface area contributed by atoms with Crippen LogP contribution in [0.2, 0.25) is 0 Å². The monoisotopic (exact) mass is 238 g/mol. The van der Waals surface area contributed by atoms with Gasteiger partial charge in [-0.15, -0.1) is 0 Å². The van der Waals surface area contributed by atoms with Gasteiger partial charge in [-0.3, -0.25) is 0 Å². The molecule has 94 valence electrons. The first-order chi connectivity index (χ1) is 8.19. The molecule has 0 saturated carbocycles. The first-order valence-electron chi connectivity index (χ1n) is 5.73. The van der Waals surface area contributed by atoms with Gasteiger partial charge in [-0.1, -0.05) is 31.2 Å². The molecule has 0 heterocycles. The first kappa shape index (κ1) is 13.7. The SMILES string of the molecule is CCc1ccc(C(OCCCO)C(=O)O)cc1. The van der Waals surface area contributed by atoms with Crippen LogP contribution in [0.3, 0.4) is 0 Å². The fraction of sp³-hybridized carbons (Fsp3) is 0.462. The van der Waals surface area contributed by atoms with Gasteiger partial charge in [0.2, 0.25) is 0 Å². The number of carboxylic acids is 1. The Morgan fingerprint density at radius 2 is 2.00 bits per heavy atom. The summed E-state index contributed by atoms with van der Waals surface area (Å²) in [5, 5.41) is 17.7. The molecule has 1 aromatic carbocycles. The minimum absolute atomic E-state index is 0.00110. The highest BCUT2D eigenvalue weighted by Gasteiger charge is 2.19. The van der Waals surface area contributed by atoms with Crippen molar-refractivity contribution in [2.75, 3.05) is 13.2 Å². The van der Waals surface area contributed by atoms with Gasteiger partial charge in [-0.05, 0) is 24.0 Å². The van der Waals surface area contributed by atoms with Crippen LogP contribution in [0.15, 0.2) is 24.3 Å². The third-order valence-electron chi connectivity index (χ3n) is 2.50. The van der Waals surface area contributed by atoms with Crippen LogP contribution in [-0.2, 0) is 16.0 Å². The molecule has 17 heavy (non-hydrogen) atoms. The van der Waals surface area contributed by atoms with E-state index in [2.05, 4.69) is 0 Å². The van der Waals surface area contributed by atoms with Crippen molar-refractivity contribution in [3.8, 4) is 0 Å². The largest absolute Gasteiger partial charge is 0.479 e. The summed E-state index contributed by atoms with van der Waals surface area (Å²) in [6.07, 6.45) is 0.410. The molecular formula is C13H18O4. The molecule has 0 bridgehead atoms. The Morgan fingerprint density at radius 1 is 1.35 bits per heavy atom. The van der Waals surface area contributed by atoms with Gasteiger partial charge in [0.15, 0.2) is 6.10 Å². The van der Waals surface area contributed by atoms with E-state index in [9.17, 15) is 4.79 Å². The highest BCUT2D eigenvalue weighted by molar-refractivity contribution is 5.74. The normalized spacial score (nSPS) is 12.4. The molecule has 4 nitrogen and oxygen atoms in total. The summed E-state index contributed by atoms with van der Waals surface area (Å²) >= 11 is 0. The zero-order valence-electron chi connectivity index (χ0n) is 9.93. The number of hydrogen-bond acceptors (Lipinski definition) is 3. The van der Waals surface area contributed by atoms with E-state index in [-0.39, 0.29) is 13.2 Å². The van der Waals surface area contributed by atoms with Crippen molar-refractivity contribution >= 4 is 5.97 Å². The van der Waals surface area contributed by atoms with Crippen molar-refractivity contribution in [3.63, 3.8) is 0 Å². The Balaban J connectivity index is 2.71. The van der Waals surface area contributed by atoms with Crippen molar-refractivity contribution in [1.29, 1.82) is 0 Å². The van der Waals surface area contributed by atoms with E-state index in [1.807, 2.05) is 19.1 Å². The molecule has 0 radical (unpaired) electrons. The fourth-order valence-corrected chi connectivity index (χ4v) is 1.50. The van der Waals surface area contributed by atoms with Crippen molar-refractivity contribution in [3.05, 3.63) is 35.4 Å². The predicted octanol–water partition coefficient (Wildman–Crippen LogP) is 1.77. The van der Waals surface area contributed by atoms with E-state index in [0.717, 1.165) is 12.0 Å². The standard InChI is InChI=1S/C13H18O4/c1-2-10-4-6-11(7-5-10)12(13(15)16)17-9-3-8-14/h4-7,12,14H,2-3,8-9H2,1H3,(H,15,16). The molecule has 2 N–H and O–H groups in total. The van der Waals surface area contributed by atoms with Crippen LogP contribution in [-0.4, -0.2) is 29.4 Å². The third-order valence-corrected chi connectivity index (χ3v) is 2.50. The fourth-order valence-electron chi connectivity index (χ4n) is 1.50. The van der Waals surface area contributed by atoms with Crippen LogP contribution in [0.4, 0.5) is 0 Å². The lowest BCUT2D eigenvalue weighted by Crippen LogP contribution is -2.16. The number of hydrogen-bond donors (Lipinski definition) is 2. The quantitative estimate of drug-likeness (QED) is 0.710. The molecule has 0 aliphatic rings. The number of aliphatic hydroxyl groups is 1. The van der Waals surface area contributed by atoms with Crippen molar-refractivity contribution in [1.82, 2.24) is 0 Å². The Hall–Kier alpha value is -1.39. The van der Waals surface area contributed by atoms with Crippen LogP contribution < -0.4 is 0 Å². The van der Waals surface area contributed by atoms with Gasteiger partial charge >= 0.3 is 5.97 Å². The second-order valence-electron chi connectivity index (χ2n) is 3.76. The molecule has 0 amide bonds. The summed E-state index contributed by atoms with van der Waals surface area (Å²) in [4.78, 5) is 11.1. The van der Waals surface area contributed by atoms with Gasteiger partial charge in [0.1, 0.15) is 0 Å². The number of aryl methyl sites for hydroxylation is 1. The van der Waals surface area contributed by atoms with E-state index in [4.69, 9.17) is 14.9 Å². The average Bonchev–Trinajstić information content (AvgIpc) is 2.34. The molecular weight excluding hydrogens is 220 g/mol. The molecule has 1 unspecified atom stereocenters. The Bertz CT molecular complexity index is 345. The molecule has 1 aromatic rings. The smallest absolute Gasteiger partial charge is 0.337 e. The molecule has 1 atom stereocenters. The summed E-state index contributed by atoms with van der Waals surface area (Å²) in [7, 11) is 0. The molecule has 0 aliphatic carbocycles. The maximum Gasteiger partial charge on any atom is 0.337 e. The summed E-state index contributed by atoms with van der Waals surface area (Å²) < 4.78 is 5.24. The van der Waals surface area contributed by atoms with Gasteiger partial charge < -0.3 is 14.9 Å². The molecule has 0 aromatic heterocycles. The van der Waals surface area contributed by atoms with E-state index >= 15 is 0 Å². The minimum Gasteiger partial charge on any atom is -0.479 e. The Labute approximate surface area is 101 Å². The summed E-state index contributed by atoms with van der Waals surface area (Å²) in [5.41, 5.74) is 1.79. The van der Waals surface area contributed by atoms with Crippen LogP contribution in [0.1, 0.15) is 30.6 Å². The van der Waals surface area contributed by atoms with Crippen molar-refractivity contribution in [2.45, 2.75) is 25.9 Å². The number of aliphatic hydroxyl groups excluding tert-OH is 1. The lowest BCUT2D eigenvalue weighted by molar-refractivity contribution is -0.151. The number of carboxylic acid groups (broad SMARTS) is 1. The molecule has 0 aliphatic heterocycles. The maximum absolute atomic E-state index is 11.1. The van der Waals surface area contributed by atoms with Gasteiger partial charge in [-0.2, -0.15) is 0 Å². The zero-order chi connectivity index (χ0) is 12.7. The van der Waals surface area contributed by atoms with Gasteiger partial charge in [0.05, 0.1) is 6.61 Å². The molecule has 0 saturated heterocycles. The number of carbonyl (C=O) groups is 1. The van der Waals surface area contributed by atoms with Gasteiger partial charge in [0.25, 0.3) is 0 Å². The third kappa shape index (κ3) is 4.17. The van der Waals surface area contributed by atoms with Gasteiger partial charge in [-0.25, -0.2) is 4.79 Å². The first-order valence-corrected chi connectivity index (χ1v) is 5.73. The second kappa shape index (κ2) is 7.04. The lowest BCUT2D eigenvalue weighted by atomic mass is 10.1. The van der Waals surface area contributed by atoms with Crippen LogP contribution in [0, 0.1) is 0 Å². The average molecular weight is 238 g/mol. The zero-order valence-corrected chi connectivity index (χ0v) is 9.93. The maximum atomic E-state index is 11.1. The second-order valence-corrected chi connectivity index (χ2v) is 3.76. The lowest BCUT2D eigenvalue weighted by Gasteiger charge is -2.14. The molecule has 1 rings (SSSR count). The number of aliphatic carboxylic acids is 1. The van der Waals surface area contributed by atoms with E-state index in [0.29, 0.717) is 12.0 Å². The highest BCUT2D eigenvalue weighted by atomic mass is 16.5. The summed E-state index contributed by atoms with van der Waals surface area (Å²) in [6, 6.07) is 7.36. The summed E-state index contributed by atoms with van der Waals surface area (Å²) in [5.74, 6) is -1.01.